The quantitative estimate of drug-likeness (QED) is 0.772. The monoisotopic (exact) mass is 271 g/mol. The van der Waals surface area contributed by atoms with E-state index >= 15 is 0 Å². The molecule has 0 radical (unpaired) electrons. The molecule has 0 aromatic heterocycles. The topological polar surface area (TPSA) is 75.6 Å². The summed E-state index contributed by atoms with van der Waals surface area (Å²) < 4.78 is 5.36. The summed E-state index contributed by atoms with van der Waals surface area (Å²) in [6.45, 7) is 6.86. The van der Waals surface area contributed by atoms with Crippen molar-refractivity contribution in [3.05, 3.63) is 0 Å². The lowest BCUT2D eigenvalue weighted by atomic mass is 9.80. The lowest BCUT2D eigenvalue weighted by Gasteiger charge is -2.34. The lowest BCUT2D eigenvalue weighted by Crippen LogP contribution is -2.49. The maximum atomic E-state index is 12.2. The number of hydrogen-bond acceptors (Lipinski definition) is 3. The van der Waals surface area contributed by atoms with E-state index in [2.05, 4.69) is 5.32 Å². The number of ether oxygens (including phenoxy) is 1. The predicted molar refractivity (Wildman–Crippen MR) is 71.8 cm³/mol. The molecule has 1 atom stereocenters. The van der Waals surface area contributed by atoms with E-state index in [0.29, 0.717) is 26.1 Å². The van der Waals surface area contributed by atoms with Gasteiger partial charge in [0.1, 0.15) is 0 Å². The van der Waals surface area contributed by atoms with Gasteiger partial charge in [0.15, 0.2) is 0 Å². The summed E-state index contributed by atoms with van der Waals surface area (Å²) >= 11 is 0. The van der Waals surface area contributed by atoms with Crippen LogP contribution >= 0.6 is 0 Å². The van der Waals surface area contributed by atoms with Crippen LogP contribution in [-0.2, 0) is 14.3 Å². The number of carbonyl (C=O) groups excluding carboxylic acids is 1. The van der Waals surface area contributed by atoms with Gasteiger partial charge < -0.3 is 15.2 Å². The fourth-order valence-electron chi connectivity index (χ4n) is 2.45. The molecule has 19 heavy (non-hydrogen) atoms. The van der Waals surface area contributed by atoms with Crippen molar-refractivity contribution in [2.24, 2.45) is 10.8 Å². The molecule has 1 saturated heterocycles. The second-order valence-electron chi connectivity index (χ2n) is 5.69. The van der Waals surface area contributed by atoms with E-state index in [9.17, 15) is 14.7 Å². The first-order chi connectivity index (χ1) is 8.90. The number of hydrogen-bond donors (Lipinski definition) is 2. The number of carboxylic acids is 1. The molecule has 1 aliphatic heterocycles. The second kappa shape index (κ2) is 6.37. The Hall–Kier alpha value is -1.10. The van der Waals surface area contributed by atoms with Crippen LogP contribution in [0.25, 0.3) is 0 Å². The SMILES string of the molecule is CCC(CC)(CNC(=O)C1(C)CCCOC1)C(=O)O. The number of amides is 1. The third-order valence-corrected chi connectivity index (χ3v) is 4.38. The van der Waals surface area contributed by atoms with E-state index in [1.54, 1.807) is 0 Å². The molecule has 1 amide bonds. The smallest absolute Gasteiger partial charge is 0.311 e. The molecule has 1 rings (SSSR count). The molecule has 1 heterocycles. The summed E-state index contributed by atoms with van der Waals surface area (Å²) in [6, 6.07) is 0. The van der Waals surface area contributed by atoms with Gasteiger partial charge in [-0.2, -0.15) is 0 Å². The molecule has 0 saturated carbocycles. The van der Waals surface area contributed by atoms with Crippen molar-refractivity contribution < 1.29 is 19.4 Å². The third kappa shape index (κ3) is 3.47. The number of aliphatic carboxylic acids is 1. The number of nitrogens with one attached hydrogen (secondary N) is 1. The van der Waals surface area contributed by atoms with Gasteiger partial charge in [-0.1, -0.05) is 13.8 Å². The first-order valence-electron chi connectivity index (χ1n) is 6.99. The van der Waals surface area contributed by atoms with Crippen molar-refractivity contribution in [3.63, 3.8) is 0 Å². The third-order valence-electron chi connectivity index (χ3n) is 4.38. The average Bonchev–Trinajstić information content (AvgIpc) is 2.40. The van der Waals surface area contributed by atoms with Crippen LogP contribution in [0.3, 0.4) is 0 Å². The zero-order chi connectivity index (χ0) is 14.5. The van der Waals surface area contributed by atoms with Gasteiger partial charge in [-0.3, -0.25) is 9.59 Å². The molecule has 1 unspecified atom stereocenters. The van der Waals surface area contributed by atoms with E-state index in [1.165, 1.54) is 0 Å². The first kappa shape index (κ1) is 16.0. The van der Waals surface area contributed by atoms with Crippen LogP contribution in [-0.4, -0.2) is 36.7 Å². The molecule has 2 N–H and O–H groups in total. The summed E-state index contributed by atoms with van der Waals surface area (Å²) in [5.41, 5.74) is -1.38. The van der Waals surface area contributed by atoms with Gasteiger partial charge >= 0.3 is 5.97 Å². The van der Waals surface area contributed by atoms with Gasteiger partial charge in [0, 0.05) is 13.2 Å². The Kier molecular flexibility index (Phi) is 5.35. The van der Waals surface area contributed by atoms with Crippen molar-refractivity contribution in [3.8, 4) is 0 Å². The zero-order valence-corrected chi connectivity index (χ0v) is 12.1. The Bertz CT molecular complexity index is 330. The van der Waals surface area contributed by atoms with Crippen LogP contribution in [0.2, 0.25) is 0 Å². The Morgan fingerprint density at radius 1 is 1.37 bits per heavy atom. The number of rotatable bonds is 6. The van der Waals surface area contributed by atoms with E-state index in [4.69, 9.17) is 4.74 Å². The normalized spacial score (nSPS) is 23.9. The predicted octanol–water partition coefficient (Wildman–Crippen LogP) is 1.81. The molecule has 0 aromatic rings. The second-order valence-corrected chi connectivity index (χ2v) is 5.69. The molecule has 5 nitrogen and oxygen atoms in total. The molecular formula is C14H25NO4. The summed E-state index contributed by atoms with van der Waals surface area (Å²) in [5, 5.41) is 12.2. The van der Waals surface area contributed by atoms with Crippen molar-refractivity contribution in [1.29, 1.82) is 0 Å². The Labute approximate surface area is 114 Å². The fourth-order valence-corrected chi connectivity index (χ4v) is 2.45. The minimum absolute atomic E-state index is 0.0975. The van der Waals surface area contributed by atoms with E-state index < -0.39 is 16.8 Å². The molecule has 1 aliphatic rings. The van der Waals surface area contributed by atoms with Crippen molar-refractivity contribution >= 4 is 11.9 Å². The van der Waals surface area contributed by atoms with Gasteiger partial charge in [-0.25, -0.2) is 0 Å². The molecule has 0 aliphatic carbocycles. The highest BCUT2D eigenvalue weighted by atomic mass is 16.5. The minimum Gasteiger partial charge on any atom is -0.481 e. The summed E-state index contributed by atoms with van der Waals surface area (Å²) in [6.07, 6.45) is 2.67. The van der Waals surface area contributed by atoms with E-state index in [-0.39, 0.29) is 12.5 Å². The minimum atomic E-state index is -0.860. The van der Waals surface area contributed by atoms with Gasteiger partial charge in [-0.15, -0.1) is 0 Å². The fraction of sp³-hybridized carbons (Fsp3) is 0.857. The first-order valence-corrected chi connectivity index (χ1v) is 6.99. The maximum absolute atomic E-state index is 12.2. The zero-order valence-electron chi connectivity index (χ0n) is 12.1. The van der Waals surface area contributed by atoms with Crippen molar-refractivity contribution in [1.82, 2.24) is 5.32 Å². The van der Waals surface area contributed by atoms with Crippen LogP contribution in [0.1, 0.15) is 46.5 Å². The van der Waals surface area contributed by atoms with Crippen molar-refractivity contribution in [2.75, 3.05) is 19.8 Å². The molecule has 0 spiro atoms. The lowest BCUT2D eigenvalue weighted by molar-refractivity contribution is -0.150. The standard InChI is InChI=1S/C14H25NO4/c1-4-14(5-2,12(17)18)9-15-11(16)13(3)7-6-8-19-10-13/h4-10H2,1-3H3,(H,15,16)(H,17,18). The van der Waals surface area contributed by atoms with Gasteiger partial charge in [-0.05, 0) is 32.6 Å². The van der Waals surface area contributed by atoms with Crippen LogP contribution in [0, 0.1) is 10.8 Å². The Morgan fingerprint density at radius 3 is 2.42 bits per heavy atom. The van der Waals surface area contributed by atoms with Gasteiger partial charge in [0.2, 0.25) is 5.91 Å². The summed E-state index contributed by atoms with van der Waals surface area (Å²) in [5.74, 6) is -0.942. The van der Waals surface area contributed by atoms with E-state index in [0.717, 1.165) is 12.8 Å². The summed E-state index contributed by atoms with van der Waals surface area (Å²) in [4.78, 5) is 23.6. The average molecular weight is 271 g/mol. The van der Waals surface area contributed by atoms with Crippen LogP contribution in [0.5, 0.6) is 0 Å². The van der Waals surface area contributed by atoms with E-state index in [1.807, 2.05) is 20.8 Å². The molecule has 5 heteroatoms. The van der Waals surface area contributed by atoms with Gasteiger partial charge in [0.05, 0.1) is 17.4 Å². The highest BCUT2D eigenvalue weighted by Gasteiger charge is 2.39. The molecule has 1 fully saturated rings. The van der Waals surface area contributed by atoms with Crippen LogP contribution in [0.15, 0.2) is 0 Å². The van der Waals surface area contributed by atoms with Crippen LogP contribution < -0.4 is 5.32 Å². The van der Waals surface area contributed by atoms with Gasteiger partial charge in [0.25, 0.3) is 0 Å². The summed E-state index contributed by atoms with van der Waals surface area (Å²) in [7, 11) is 0. The van der Waals surface area contributed by atoms with Crippen LogP contribution in [0.4, 0.5) is 0 Å². The molecule has 110 valence electrons. The Balaban J connectivity index is 2.64. The van der Waals surface area contributed by atoms with Crippen molar-refractivity contribution in [2.45, 2.75) is 46.5 Å². The Morgan fingerprint density at radius 2 is 2.00 bits per heavy atom. The highest BCUT2D eigenvalue weighted by Crippen LogP contribution is 2.30. The molecule has 0 aromatic carbocycles. The maximum Gasteiger partial charge on any atom is 0.311 e. The number of carboxylic acid groups (broad SMARTS) is 1. The molecule has 0 bridgehead atoms. The highest BCUT2D eigenvalue weighted by molar-refractivity contribution is 5.83. The largest absolute Gasteiger partial charge is 0.481 e. The molecular weight excluding hydrogens is 246 g/mol. The number of carbonyl (C=O) groups is 2.